The van der Waals surface area contributed by atoms with E-state index in [9.17, 15) is 5.11 Å². The summed E-state index contributed by atoms with van der Waals surface area (Å²) in [5.74, 6) is 0.565. The van der Waals surface area contributed by atoms with Crippen molar-refractivity contribution in [2.24, 2.45) is 0 Å². The number of β-amino-alcohol motifs (C(OH)–C–C–N with tert-alkyl or cyclic N) is 1. The molecule has 2 N–H and O–H groups in total. The zero-order valence-electron chi connectivity index (χ0n) is 16.3. The Morgan fingerprint density at radius 2 is 1.93 bits per heavy atom. The molecule has 1 aliphatic rings. The van der Waals surface area contributed by atoms with Crippen molar-refractivity contribution >= 4 is 5.95 Å². The van der Waals surface area contributed by atoms with E-state index in [4.69, 9.17) is 0 Å². The second kappa shape index (κ2) is 8.08. The van der Waals surface area contributed by atoms with E-state index in [1.165, 1.54) is 5.56 Å². The number of aromatic nitrogens is 4. The fourth-order valence-electron chi connectivity index (χ4n) is 3.81. The number of aliphatic hydroxyl groups is 1. The third-order valence-corrected chi connectivity index (χ3v) is 5.17. The maximum atomic E-state index is 10.6. The number of anilines is 1. The van der Waals surface area contributed by atoms with Crippen LogP contribution in [0.25, 0.3) is 5.69 Å². The summed E-state index contributed by atoms with van der Waals surface area (Å²) in [6.45, 7) is 6.36. The number of piperidine rings is 1. The van der Waals surface area contributed by atoms with E-state index >= 15 is 0 Å². The molecule has 1 aromatic carbocycles. The fraction of sp³-hybridized carbons (Fsp3) is 0.381. The first-order valence-corrected chi connectivity index (χ1v) is 9.65. The van der Waals surface area contributed by atoms with Gasteiger partial charge in [0.2, 0.25) is 5.95 Å². The SMILES string of the molecule is Cc1cc(C)n(-c2ccccc2CN2CC[C@@H](Nc3ncccn3)[C@H](O)C2)n1. The number of aliphatic hydroxyl groups excluding tert-OH is 1. The molecule has 1 aliphatic heterocycles. The second-order valence-corrected chi connectivity index (χ2v) is 7.38. The van der Waals surface area contributed by atoms with Gasteiger partial charge in [-0.3, -0.25) is 4.90 Å². The van der Waals surface area contributed by atoms with Gasteiger partial charge in [0.1, 0.15) is 0 Å². The number of nitrogens with one attached hydrogen (secondary N) is 1. The Morgan fingerprint density at radius 1 is 1.14 bits per heavy atom. The summed E-state index contributed by atoms with van der Waals surface area (Å²) in [7, 11) is 0. The Hall–Kier alpha value is -2.77. The van der Waals surface area contributed by atoms with Gasteiger partial charge in [-0.1, -0.05) is 18.2 Å². The molecule has 1 fully saturated rings. The molecule has 2 aromatic heterocycles. The summed E-state index contributed by atoms with van der Waals surface area (Å²) in [4.78, 5) is 10.7. The number of aryl methyl sites for hydroxylation is 2. The van der Waals surface area contributed by atoms with E-state index in [-0.39, 0.29) is 6.04 Å². The molecule has 0 amide bonds. The highest BCUT2D eigenvalue weighted by Crippen LogP contribution is 2.22. The zero-order chi connectivity index (χ0) is 19.5. The Bertz CT molecular complexity index is 926. The van der Waals surface area contributed by atoms with Crippen LogP contribution in [0.15, 0.2) is 48.8 Å². The van der Waals surface area contributed by atoms with Crippen LogP contribution in [0.5, 0.6) is 0 Å². The van der Waals surface area contributed by atoms with Gasteiger partial charge in [-0.25, -0.2) is 14.6 Å². The lowest BCUT2D eigenvalue weighted by atomic mass is 10.0. The van der Waals surface area contributed by atoms with E-state index in [1.807, 2.05) is 17.7 Å². The van der Waals surface area contributed by atoms with Crippen LogP contribution in [0.2, 0.25) is 0 Å². The molecule has 7 nitrogen and oxygen atoms in total. The molecular formula is C21H26N6O. The molecule has 0 spiro atoms. The molecule has 2 atom stereocenters. The number of hydrogen-bond donors (Lipinski definition) is 2. The van der Waals surface area contributed by atoms with E-state index < -0.39 is 6.10 Å². The van der Waals surface area contributed by atoms with Gasteiger partial charge in [0.05, 0.1) is 23.5 Å². The Morgan fingerprint density at radius 3 is 2.64 bits per heavy atom. The first-order chi connectivity index (χ1) is 13.6. The Labute approximate surface area is 165 Å². The molecule has 3 aromatic rings. The van der Waals surface area contributed by atoms with Crippen LogP contribution in [0.3, 0.4) is 0 Å². The van der Waals surface area contributed by atoms with Crippen LogP contribution in [0.1, 0.15) is 23.4 Å². The molecule has 7 heteroatoms. The van der Waals surface area contributed by atoms with Gasteiger partial charge in [0.25, 0.3) is 0 Å². The molecule has 1 saturated heterocycles. The third-order valence-electron chi connectivity index (χ3n) is 5.17. The number of likely N-dealkylation sites (tertiary alicyclic amines) is 1. The molecule has 0 unspecified atom stereocenters. The molecule has 0 saturated carbocycles. The molecule has 0 bridgehead atoms. The highest BCUT2D eigenvalue weighted by atomic mass is 16.3. The van der Waals surface area contributed by atoms with Crippen molar-refractivity contribution in [2.75, 3.05) is 18.4 Å². The minimum Gasteiger partial charge on any atom is -0.390 e. The van der Waals surface area contributed by atoms with Crippen molar-refractivity contribution < 1.29 is 5.11 Å². The van der Waals surface area contributed by atoms with Crippen molar-refractivity contribution in [3.05, 3.63) is 65.7 Å². The van der Waals surface area contributed by atoms with Crippen LogP contribution in [0, 0.1) is 13.8 Å². The second-order valence-electron chi connectivity index (χ2n) is 7.38. The topological polar surface area (TPSA) is 79.1 Å². The largest absolute Gasteiger partial charge is 0.390 e. The third kappa shape index (κ3) is 4.05. The van der Waals surface area contributed by atoms with Crippen LogP contribution >= 0.6 is 0 Å². The lowest BCUT2D eigenvalue weighted by molar-refractivity contribution is 0.0559. The van der Waals surface area contributed by atoms with Crippen LogP contribution in [-0.2, 0) is 6.54 Å². The average molecular weight is 378 g/mol. The lowest BCUT2D eigenvalue weighted by Gasteiger charge is -2.36. The van der Waals surface area contributed by atoms with Gasteiger partial charge in [0, 0.05) is 37.7 Å². The smallest absolute Gasteiger partial charge is 0.222 e. The average Bonchev–Trinajstić information content (AvgIpc) is 3.03. The predicted octanol–water partition coefficient (Wildman–Crippen LogP) is 2.33. The van der Waals surface area contributed by atoms with Gasteiger partial charge >= 0.3 is 0 Å². The first kappa shape index (κ1) is 18.6. The number of rotatable bonds is 5. The molecular weight excluding hydrogens is 352 g/mol. The van der Waals surface area contributed by atoms with Gasteiger partial charge in [-0.2, -0.15) is 5.10 Å². The van der Waals surface area contributed by atoms with E-state index in [0.717, 1.165) is 36.6 Å². The number of nitrogens with zero attached hydrogens (tertiary/aromatic N) is 5. The molecule has 146 valence electrons. The monoisotopic (exact) mass is 378 g/mol. The number of para-hydroxylation sites is 1. The number of benzene rings is 1. The van der Waals surface area contributed by atoms with Crippen molar-refractivity contribution in [3.63, 3.8) is 0 Å². The Balaban J connectivity index is 1.44. The molecule has 3 heterocycles. The Kier molecular flexibility index (Phi) is 5.36. The van der Waals surface area contributed by atoms with Crippen molar-refractivity contribution in [3.8, 4) is 5.69 Å². The summed E-state index contributed by atoms with van der Waals surface area (Å²) >= 11 is 0. The number of hydrogen-bond acceptors (Lipinski definition) is 6. The van der Waals surface area contributed by atoms with E-state index in [2.05, 4.69) is 56.5 Å². The maximum Gasteiger partial charge on any atom is 0.222 e. The summed E-state index contributed by atoms with van der Waals surface area (Å²) in [6, 6.07) is 12.2. The van der Waals surface area contributed by atoms with Crippen molar-refractivity contribution in [1.82, 2.24) is 24.6 Å². The van der Waals surface area contributed by atoms with E-state index in [0.29, 0.717) is 12.5 Å². The van der Waals surface area contributed by atoms with Crippen molar-refractivity contribution in [1.29, 1.82) is 0 Å². The van der Waals surface area contributed by atoms with Gasteiger partial charge in [-0.05, 0) is 44.0 Å². The normalized spacial score (nSPS) is 20.2. The summed E-state index contributed by atoms with van der Waals surface area (Å²) in [6.07, 6.45) is 3.76. The molecule has 28 heavy (non-hydrogen) atoms. The molecule has 0 radical (unpaired) electrons. The minimum absolute atomic E-state index is 0.0371. The van der Waals surface area contributed by atoms with Crippen LogP contribution in [0.4, 0.5) is 5.95 Å². The summed E-state index contributed by atoms with van der Waals surface area (Å²) in [5.41, 5.74) is 4.44. The van der Waals surface area contributed by atoms with Crippen molar-refractivity contribution in [2.45, 2.75) is 39.0 Å². The van der Waals surface area contributed by atoms with Gasteiger partial charge in [-0.15, -0.1) is 0 Å². The van der Waals surface area contributed by atoms with Gasteiger partial charge < -0.3 is 10.4 Å². The summed E-state index contributed by atoms with van der Waals surface area (Å²) in [5, 5.41) is 18.5. The lowest BCUT2D eigenvalue weighted by Crippen LogP contribution is -2.49. The zero-order valence-corrected chi connectivity index (χ0v) is 16.3. The molecule has 0 aliphatic carbocycles. The van der Waals surface area contributed by atoms with E-state index in [1.54, 1.807) is 18.5 Å². The highest BCUT2D eigenvalue weighted by molar-refractivity contribution is 5.42. The summed E-state index contributed by atoms with van der Waals surface area (Å²) < 4.78 is 2.00. The first-order valence-electron chi connectivity index (χ1n) is 9.65. The van der Waals surface area contributed by atoms with Gasteiger partial charge in [0.15, 0.2) is 0 Å². The quantitative estimate of drug-likeness (QED) is 0.709. The fourth-order valence-corrected chi connectivity index (χ4v) is 3.81. The standard InChI is InChI=1S/C21H26N6O/c1-15-12-16(2)27(25-15)19-7-4-3-6-17(19)13-26-11-8-18(20(28)14-26)24-21-22-9-5-10-23-21/h3-7,9-10,12,18,20,28H,8,11,13-14H2,1-2H3,(H,22,23,24)/t18-,20-/m1/s1. The highest BCUT2D eigenvalue weighted by Gasteiger charge is 2.28. The molecule has 4 rings (SSSR count). The maximum absolute atomic E-state index is 10.6. The van der Waals surface area contributed by atoms with Crippen LogP contribution < -0.4 is 5.32 Å². The van der Waals surface area contributed by atoms with Crippen LogP contribution in [-0.4, -0.2) is 55.0 Å². The predicted molar refractivity (Wildman–Crippen MR) is 108 cm³/mol. The minimum atomic E-state index is -0.474.